The zero-order chi connectivity index (χ0) is 17.0. The molecule has 0 radical (unpaired) electrons. The highest BCUT2D eigenvalue weighted by atomic mass is 14.7. The molecular weight excluding hydrogens is 290 g/mol. The monoisotopic (exact) mass is 329 g/mol. The SMILES string of the molecule is C[C@]12CC=C3[C@@](C)(CC[C@@H]4CCCC[C@]34C)C1CC[C@@H]2CCCN. The van der Waals surface area contributed by atoms with Gasteiger partial charge in [0.05, 0.1) is 0 Å². The first-order valence-corrected chi connectivity index (χ1v) is 10.9. The molecule has 0 spiro atoms. The molecule has 0 saturated heterocycles. The number of hydrogen-bond donors (Lipinski definition) is 1. The van der Waals surface area contributed by atoms with Crippen molar-refractivity contribution in [2.45, 2.75) is 91.4 Å². The van der Waals surface area contributed by atoms with Crippen LogP contribution in [0.4, 0.5) is 0 Å². The third-order valence-corrected chi connectivity index (χ3v) is 9.45. The molecule has 0 aromatic carbocycles. The van der Waals surface area contributed by atoms with Crippen molar-refractivity contribution >= 4 is 0 Å². The van der Waals surface area contributed by atoms with Gasteiger partial charge in [0.25, 0.3) is 0 Å². The van der Waals surface area contributed by atoms with E-state index < -0.39 is 0 Å². The zero-order valence-electron chi connectivity index (χ0n) is 16.4. The molecule has 0 amide bonds. The highest BCUT2D eigenvalue weighted by Crippen LogP contribution is 2.70. The van der Waals surface area contributed by atoms with E-state index in [1.54, 1.807) is 0 Å². The second-order valence-electron chi connectivity index (χ2n) is 10.4. The minimum absolute atomic E-state index is 0.493. The lowest BCUT2D eigenvalue weighted by atomic mass is 9.43. The lowest BCUT2D eigenvalue weighted by molar-refractivity contribution is -0.0231. The molecule has 3 fully saturated rings. The summed E-state index contributed by atoms with van der Waals surface area (Å²) in [6, 6.07) is 0. The molecule has 2 N–H and O–H groups in total. The molecule has 1 nitrogen and oxygen atoms in total. The molecule has 136 valence electrons. The van der Waals surface area contributed by atoms with Crippen LogP contribution >= 0.6 is 0 Å². The normalized spacial score (nSPS) is 50.7. The Labute approximate surface area is 149 Å². The standard InChI is InChI=1S/C23H39N/c1-21-13-5-4-7-18(21)11-14-23(3)19-10-9-17(8-6-16-24)22(19,2)15-12-20(21)23/h12,17-19H,4-11,13-16,24H2,1-3H3/t17-,18-,19?,21-,22+,23-/m0/s1. The first-order chi connectivity index (χ1) is 11.4. The van der Waals surface area contributed by atoms with Crippen LogP contribution in [-0.2, 0) is 0 Å². The van der Waals surface area contributed by atoms with Gasteiger partial charge in [0.1, 0.15) is 0 Å². The van der Waals surface area contributed by atoms with Crippen LogP contribution < -0.4 is 5.73 Å². The third kappa shape index (κ3) is 2.22. The first kappa shape index (κ1) is 17.1. The fraction of sp³-hybridized carbons (Fsp3) is 0.913. The van der Waals surface area contributed by atoms with E-state index in [0.717, 1.165) is 24.3 Å². The van der Waals surface area contributed by atoms with E-state index in [4.69, 9.17) is 5.73 Å². The Morgan fingerprint density at radius 2 is 1.83 bits per heavy atom. The average molecular weight is 330 g/mol. The van der Waals surface area contributed by atoms with Gasteiger partial charge >= 0.3 is 0 Å². The van der Waals surface area contributed by atoms with Gasteiger partial charge in [-0.15, -0.1) is 0 Å². The molecular formula is C23H39N. The van der Waals surface area contributed by atoms with Crippen LogP contribution in [0.2, 0.25) is 0 Å². The Hall–Kier alpha value is -0.300. The Morgan fingerprint density at radius 3 is 2.62 bits per heavy atom. The molecule has 4 aliphatic rings. The van der Waals surface area contributed by atoms with Crippen molar-refractivity contribution in [2.75, 3.05) is 6.54 Å². The topological polar surface area (TPSA) is 26.0 Å². The van der Waals surface area contributed by atoms with Crippen molar-refractivity contribution < 1.29 is 0 Å². The Balaban J connectivity index is 1.68. The Bertz CT molecular complexity index is 522. The van der Waals surface area contributed by atoms with Crippen LogP contribution in [0.15, 0.2) is 11.6 Å². The molecule has 0 bridgehead atoms. The van der Waals surface area contributed by atoms with Crippen LogP contribution in [0.5, 0.6) is 0 Å². The van der Waals surface area contributed by atoms with Crippen molar-refractivity contribution in [2.24, 2.45) is 39.7 Å². The van der Waals surface area contributed by atoms with E-state index in [1.807, 2.05) is 5.57 Å². The number of nitrogens with two attached hydrogens (primary N) is 1. The highest BCUT2D eigenvalue weighted by molar-refractivity contribution is 5.33. The fourth-order valence-corrected chi connectivity index (χ4v) is 8.14. The number of allylic oxidation sites excluding steroid dienone is 2. The van der Waals surface area contributed by atoms with Gasteiger partial charge in [-0.05, 0) is 98.3 Å². The maximum absolute atomic E-state index is 5.83. The van der Waals surface area contributed by atoms with E-state index in [2.05, 4.69) is 26.8 Å². The predicted molar refractivity (Wildman–Crippen MR) is 103 cm³/mol. The van der Waals surface area contributed by atoms with Crippen molar-refractivity contribution in [3.05, 3.63) is 11.6 Å². The van der Waals surface area contributed by atoms with Gasteiger partial charge in [0.2, 0.25) is 0 Å². The summed E-state index contributed by atoms with van der Waals surface area (Å²) in [6.45, 7) is 8.82. The van der Waals surface area contributed by atoms with Crippen LogP contribution in [0, 0.1) is 34.0 Å². The quantitative estimate of drug-likeness (QED) is 0.623. The zero-order valence-corrected chi connectivity index (χ0v) is 16.4. The van der Waals surface area contributed by atoms with Gasteiger partial charge < -0.3 is 5.73 Å². The maximum atomic E-state index is 5.83. The van der Waals surface area contributed by atoms with E-state index >= 15 is 0 Å². The van der Waals surface area contributed by atoms with Crippen molar-refractivity contribution in [1.29, 1.82) is 0 Å². The molecule has 0 aromatic rings. The number of fused-ring (bicyclic) bond motifs is 5. The largest absolute Gasteiger partial charge is 0.330 e. The van der Waals surface area contributed by atoms with Gasteiger partial charge in [0.15, 0.2) is 0 Å². The van der Waals surface area contributed by atoms with E-state index in [1.165, 1.54) is 70.6 Å². The summed E-state index contributed by atoms with van der Waals surface area (Å²) in [6.07, 6.45) is 18.5. The summed E-state index contributed by atoms with van der Waals surface area (Å²) in [5.41, 5.74) is 9.31. The Kier molecular flexibility index (Phi) is 4.18. The van der Waals surface area contributed by atoms with Gasteiger partial charge in [-0.1, -0.05) is 45.3 Å². The van der Waals surface area contributed by atoms with Crippen molar-refractivity contribution in [3.63, 3.8) is 0 Å². The molecule has 24 heavy (non-hydrogen) atoms. The molecule has 6 atom stereocenters. The molecule has 3 saturated carbocycles. The summed E-state index contributed by atoms with van der Waals surface area (Å²) in [4.78, 5) is 0. The van der Waals surface area contributed by atoms with Crippen LogP contribution in [0.25, 0.3) is 0 Å². The minimum atomic E-state index is 0.493. The molecule has 1 unspecified atom stereocenters. The molecule has 0 aliphatic heterocycles. The minimum Gasteiger partial charge on any atom is -0.330 e. The van der Waals surface area contributed by atoms with E-state index in [9.17, 15) is 0 Å². The van der Waals surface area contributed by atoms with E-state index in [0.29, 0.717) is 16.2 Å². The molecule has 4 rings (SSSR count). The van der Waals surface area contributed by atoms with Crippen molar-refractivity contribution in [3.8, 4) is 0 Å². The van der Waals surface area contributed by atoms with Gasteiger partial charge in [-0.25, -0.2) is 0 Å². The van der Waals surface area contributed by atoms with Gasteiger partial charge in [0, 0.05) is 0 Å². The second-order valence-corrected chi connectivity index (χ2v) is 10.4. The summed E-state index contributed by atoms with van der Waals surface area (Å²) in [5, 5.41) is 0. The molecule has 0 aromatic heterocycles. The average Bonchev–Trinajstić information content (AvgIpc) is 2.90. The highest BCUT2D eigenvalue weighted by Gasteiger charge is 2.61. The summed E-state index contributed by atoms with van der Waals surface area (Å²) < 4.78 is 0. The molecule has 4 aliphatic carbocycles. The van der Waals surface area contributed by atoms with Crippen LogP contribution in [0.1, 0.15) is 91.4 Å². The fourth-order valence-electron chi connectivity index (χ4n) is 8.14. The number of hydrogen-bond acceptors (Lipinski definition) is 1. The van der Waals surface area contributed by atoms with Crippen LogP contribution in [0.3, 0.4) is 0 Å². The predicted octanol–water partition coefficient (Wildman–Crippen LogP) is 6.08. The third-order valence-electron chi connectivity index (χ3n) is 9.45. The van der Waals surface area contributed by atoms with Gasteiger partial charge in [-0.3, -0.25) is 0 Å². The van der Waals surface area contributed by atoms with Crippen LogP contribution in [-0.4, -0.2) is 6.54 Å². The number of rotatable bonds is 3. The Morgan fingerprint density at radius 1 is 1.00 bits per heavy atom. The lowest BCUT2D eigenvalue weighted by Gasteiger charge is -2.61. The first-order valence-electron chi connectivity index (χ1n) is 10.9. The van der Waals surface area contributed by atoms with Crippen molar-refractivity contribution in [1.82, 2.24) is 0 Å². The second kappa shape index (κ2) is 5.86. The summed E-state index contributed by atoms with van der Waals surface area (Å²) in [5.74, 6) is 2.81. The lowest BCUT2D eigenvalue weighted by Crippen LogP contribution is -2.52. The summed E-state index contributed by atoms with van der Waals surface area (Å²) >= 11 is 0. The smallest absolute Gasteiger partial charge is 0.00771 e. The molecule has 0 heterocycles. The summed E-state index contributed by atoms with van der Waals surface area (Å²) in [7, 11) is 0. The van der Waals surface area contributed by atoms with E-state index in [-0.39, 0.29) is 0 Å². The molecule has 1 heteroatoms. The maximum Gasteiger partial charge on any atom is -0.00771 e. The van der Waals surface area contributed by atoms with Gasteiger partial charge in [-0.2, -0.15) is 0 Å².